The molecule has 0 aliphatic heterocycles. The molecular weight excluding hydrogens is 193 g/mol. The summed E-state index contributed by atoms with van der Waals surface area (Å²) in [5, 5.41) is 8.49. The molecule has 14 heavy (non-hydrogen) atoms. The normalized spacial score (nSPS) is 14.5. The van der Waals surface area contributed by atoms with Gasteiger partial charge in [0.1, 0.15) is 6.67 Å². The molecule has 0 saturated carbocycles. The Labute approximate surface area is 81.0 Å². The molecule has 0 aliphatic carbocycles. The van der Waals surface area contributed by atoms with Crippen molar-refractivity contribution in [3.63, 3.8) is 0 Å². The van der Waals surface area contributed by atoms with Crippen molar-refractivity contribution in [3.05, 3.63) is 0 Å². The molecular formula is C8H14FNO4. The SMILES string of the molecule is CCCCOC(=O)C(N)(CF)C(=O)O. The minimum Gasteiger partial charge on any atom is -0.479 e. The van der Waals surface area contributed by atoms with Crippen LogP contribution in [0, 0.1) is 0 Å². The summed E-state index contributed by atoms with van der Waals surface area (Å²) in [6, 6.07) is 0. The van der Waals surface area contributed by atoms with Crippen molar-refractivity contribution in [2.45, 2.75) is 25.3 Å². The van der Waals surface area contributed by atoms with E-state index in [1.165, 1.54) is 0 Å². The van der Waals surface area contributed by atoms with Crippen LogP contribution in [0.3, 0.4) is 0 Å². The van der Waals surface area contributed by atoms with Crippen molar-refractivity contribution in [1.29, 1.82) is 0 Å². The summed E-state index contributed by atoms with van der Waals surface area (Å²) in [6.07, 6.45) is 1.38. The molecule has 0 aromatic heterocycles. The highest BCUT2D eigenvalue weighted by Crippen LogP contribution is 2.06. The van der Waals surface area contributed by atoms with Crippen LogP contribution >= 0.6 is 0 Å². The van der Waals surface area contributed by atoms with Crippen molar-refractivity contribution in [1.82, 2.24) is 0 Å². The first-order valence-electron chi connectivity index (χ1n) is 4.24. The highest BCUT2D eigenvalue weighted by atomic mass is 19.1. The predicted molar refractivity (Wildman–Crippen MR) is 46.4 cm³/mol. The third-order valence-corrected chi connectivity index (χ3v) is 1.69. The Hall–Kier alpha value is -1.17. The van der Waals surface area contributed by atoms with Crippen LogP contribution in [0.4, 0.5) is 4.39 Å². The number of halogens is 1. The zero-order chi connectivity index (χ0) is 11.2. The van der Waals surface area contributed by atoms with Crippen molar-refractivity contribution >= 4 is 11.9 Å². The lowest BCUT2D eigenvalue weighted by Gasteiger charge is -2.18. The Morgan fingerprint density at radius 1 is 1.57 bits per heavy atom. The van der Waals surface area contributed by atoms with Gasteiger partial charge in [0.05, 0.1) is 6.61 Å². The molecule has 0 saturated heterocycles. The van der Waals surface area contributed by atoms with E-state index in [0.29, 0.717) is 6.42 Å². The molecule has 0 amide bonds. The fourth-order valence-electron chi connectivity index (χ4n) is 0.637. The summed E-state index contributed by atoms with van der Waals surface area (Å²) < 4.78 is 16.8. The summed E-state index contributed by atoms with van der Waals surface area (Å²) in [4.78, 5) is 21.5. The molecule has 0 bridgehead atoms. The first-order chi connectivity index (χ1) is 6.49. The number of alkyl halides is 1. The fourth-order valence-corrected chi connectivity index (χ4v) is 0.637. The van der Waals surface area contributed by atoms with Gasteiger partial charge in [-0.05, 0) is 6.42 Å². The average Bonchev–Trinajstić information content (AvgIpc) is 2.16. The van der Waals surface area contributed by atoms with E-state index in [1.54, 1.807) is 0 Å². The first-order valence-corrected chi connectivity index (χ1v) is 4.24. The Balaban J connectivity index is 4.25. The van der Waals surface area contributed by atoms with Crippen LogP contribution in [-0.4, -0.2) is 35.9 Å². The van der Waals surface area contributed by atoms with Crippen LogP contribution in [0.5, 0.6) is 0 Å². The molecule has 0 aliphatic rings. The Kier molecular flexibility index (Phi) is 5.07. The van der Waals surface area contributed by atoms with Gasteiger partial charge in [0.15, 0.2) is 0 Å². The van der Waals surface area contributed by atoms with E-state index in [9.17, 15) is 14.0 Å². The van der Waals surface area contributed by atoms with Crippen LogP contribution in [0.25, 0.3) is 0 Å². The maximum absolute atomic E-state index is 12.2. The van der Waals surface area contributed by atoms with Gasteiger partial charge in [0, 0.05) is 0 Å². The van der Waals surface area contributed by atoms with Crippen LogP contribution in [0.1, 0.15) is 19.8 Å². The van der Waals surface area contributed by atoms with Crippen LogP contribution < -0.4 is 5.73 Å². The first kappa shape index (κ1) is 12.8. The molecule has 3 N–H and O–H groups in total. The predicted octanol–water partition coefficient (Wildman–Crippen LogP) is 0.0813. The van der Waals surface area contributed by atoms with E-state index in [0.717, 1.165) is 6.42 Å². The van der Waals surface area contributed by atoms with E-state index in [4.69, 9.17) is 10.8 Å². The van der Waals surface area contributed by atoms with Gasteiger partial charge in [-0.15, -0.1) is 0 Å². The molecule has 5 nitrogen and oxygen atoms in total. The second-order valence-electron chi connectivity index (χ2n) is 2.90. The van der Waals surface area contributed by atoms with Crippen molar-refractivity contribution in [3.8, 4) is 0 Å². The third kappa shape index (κ3) is 2.95. The second-order valence-corrected chi connectivity index (χ2v) is 2.90. The molecule has 0 heterocycles. The zero-order valence-corrected chi connectivity index (χ0v) is 7.96. The van der Waals surface area contributed by atoms with Gasteiger partial charge >= 0.3 is 11.9 Å². The highest BCUT2D eigenvalue weighted by molar-refractivity contribution is 6.04. The number of ether oxygens (including phenoxy) is 1. The molecule has 0 aromatic rings. The van der Waals surface area contributed by atoms with Crippen LogP contribution in [-0.2, 0) is 14.3 Å². The topological polar surface area (TPSA) is 89.6 Å². The molecule has 1 atom stereocenters. The van der Waals surface area contributed by atoms with Gasteiger partial charge in [0.25, 0.3) is 0 Å². The van der Waals surface area contributed by atoms with Gasteiger partial charge in [-0.3, -0.25) is 0 Å². The smallest absolute Gasteiger partial charge is 0.340 e. The van der Waals surface area contributed by atoms with E-state index in [2.05, 4.69) is 4.74 Å². The summed E-state index contributed by atoms with van der Waals surface area (Å²) >= 11 is 0. The molecule has 82 valence electrons. The van der Waals surface area contributed by atoms with Crippen molar-refractivity contribution in [2.24, 2.45) is 5.73 Å². The average molecular weight is 207 g/mol. The zero-order valence-electron chi connectivity index (χ0n) is 7.96. The number of nitrogens with two attached hydrogens (primary N) is 1. The number of carboxylic acids is 1. The maximum atomic E-state index is 12.2. The summed E-state index contributed by atoms with van der Waals surface area (Å²) in [5.74, 6) is -2.96. The number of unbranched alkanes of at least 4 members (excludes halogenated alkanes) is 1. The van der Waals surface area contributed by atoms with E-state index < -0.39 is 24.2 Å². The molecule has 0 spiro atoms. The number of esters is 1. The lowest BCUT2D eigenvalue weighted by molar-refractivity contribution is -0.161. The maximum Gasteiger partial charge on any atom is 0.340 e. The molecule has 0 aromatic carbocycles. The quantitative estimate of drug-likeness (QED) is 0.366. The van der Waals surface area contributed by atoms with Gasteiger partial charge in [-0.1, -0.05) is 13.3 Å². The molecule has 0 rings (SSSR count). The second kappa shape index (κ2) is 5.54. The van der Waals surface area contributed by atoms with Crippen molar-refractivity contribution < 1.29 is 23.8 Å². The number of carbonyl (C=O) groups is 2. The van der Waals surface area contributed by atoms with E-state index in [1.807, 2.05) is 6.92 Å². The van der Waals surface area contributed by atoms with Crippen molar-refractivity contribution in [2.75, 3.05) is 13.3 Å². The standard InChI is InChI=1S/C8H14FNO4/c1-2-3-4-14-7(13)8(10,5-9)6(11)12/h2-5,10H2,1H3,(H,11,12). The molecule has 0 fully saturated rings. The fraction of sp³-hybridized carbons (Fsp3) is 0.750. The Morgan fingerprint density at radius 3 is 2.50 bits per heavy atom. The van der Waals surface area contributed by atoms with Gasteiger partial charge < -0.3 is 15.6 Å². The third-order valence-electron chi connectivity index (χ3n) is 1.69. The summed E-state index contributed by atoms with van der Waals surface area (Å²) in [5.41, 5.74) is 2.45. The van der Waals surface area contributed by atoms with Crippen LogP contribution in [0.15, 0.2) is 0 Å². The molecule has 0 radical (unpaired) electrons. The van der Waals surface area contributed by atoms with Crippen LogP contribution in [0.2, 0.25) is 0 Å². The largest absolute Gasteiger partial charge is 0.479 e. The lowest BCUT2D eigenvalue weighted by Crippen LogP contribution is -2.57. The summed E-state index contributed by atoms with van der Waals surface area (Å²) in [6.45, 7) is 0.449. The van der Waals surface area contributed by atoms with E-state index >= 15 is 0 Å². The number of carboxylic acid groups (broad SMARTS) is 1. The van der Waals surface area contributed by atoms with Gasteiger partial charge in [0.2, 0.25) is 5.54 Å². The van der Waals surface area contributed by atoms with Gasteiger partial charge in [-0.25, -0.2) is 14.0 Å². The minimum atomic E-state index is -2.56. The molecule has 6 heteroatoms. The lowest BCUT2D eigenvalue weighted by atomic mass is 10.0. The minimum absolute atomic E-state index is 0.0571. The molecule has 1 unspecified atom stereocenters. The number of hydrogen-bond acceptors (Lipinski definition) is 4. The van der Waals surface area contributed by atoms with Gasteiger partial charge in [-0.2, -0.15) is 0 Å². The Morgan fingerprint density at radius 2 is 2.14 bits per heavy atom. The van der Waals surface area contributed by atoms with E-state index in [-0.39, 0.29) is 6.61 Å². The number of aliphatic carboxylic acids is 1. The monoisotopic (exact) mass is 207 g/mol. The number of carbonyl (C=O) groups excluding carboxylic acids is 1. The number of hydrogen-bond donors (Lipinski definition) is 2. The highest BCUT2D eigenvalue weighted by Gasteiger charge is 2.44. The Bertz CT molecular complexity index is 221. The number of rotatable bonds is 6. The summed E-state index contributed by atoms with van der Waals surface area (Å²) in [7, 11) is 0.